The molecule has 8 heteroatoms. The van der Waals surface area contributed by atoms with Crippen LogP contribution in [0.15, 0.2) is 21.1 Å². The van der Waals surface area contributed by atoms with E-state index in [0.717, 1.165) is 17.7 Å². The van der Waals surface area contributed by atoms with E-state index in [9.17, 15) is 9.59 Å². The van der Waals surface area contributed by atoms with Crippen molar-refractivity contribution in [2.24, 2.45) is 0 Å². The third kappa shape index (κ3) is 3.04. The third-order valence-electron chi connectivity index (χ3n) is 5.21. The maximum Gasteiger partial charge on any atom is 0.305 e. The van der Waals surface area contributed by atoms with Gasteiger partial charge in [-0.2, -0.15) is 0 Å². The molecule has 0 spiro atoms. The van der Waals surface area contributed by atoms with E-state index >= 15 is 0 Å². The van der Waals surface area contributed by atoms with Crippen LogP contribution in [0.5, 0.6) is 0 Å². The number of furan rings is 1. The van der Waals surface area contributed by atoms with Gasteiger partial charge in [-0.3, -0.25) is 9.59 Å². The topological polar surface area (TPSA) is 110 Å². The van der Waals surface area contributed by atoms with Gasteiger partial charge in [0.2, 0.25) is 0 Å². The van der Waals surface area contributed by atoms with Crippen LogP contribution in [0.1, 0.15) is 46.8 Å². The Bertz CT molecular complexity index is 1080. The van der Waals surface area contributed by atoms with Crippen LogP contribution in [-0.4, -0.2) is 44.6 Å². The lowest BCUT2D eigenvalue weighted by Crippen LogP contribution is -2.37. The van der Waals surface area contributed by atoms with Crippen LogP contribution in [0.2, 0.25) is 0 Å². The number of likely N-dealkylation sites (tertiary alicyclic amines) is 1. The molecular weight excluding hydrogens is 362 g/mol. The van der Waals surface area contributed by atoms with E-state index in [1.807, 2.05) is 19.9 Å². The first kappa shape index (κ1) is 18.2. The molecule has 1 saturated heterocycles. The minimum atomic E-state index is -0.907. The fraction of sp³-hybridized carbons (Fsp3) is 0.400. The van der Waals surface area contributed by atoms with E-state index in [0.29, 0.717) is 41.1 Å². The van der Waals surface area contributed by atoms with Gasteiger partial charge in [0.1, 0.15) is 11.5 Å². The van der Waals surface area contributed by atoms with Gasteiger partial charge in [0, 0.05) is 18.2 Å². The molecule has 146 valence electrons. The van der Waals surface area contributed by atoms with Gasteiger partial charge < -0.3 is 18.9 Å². The number of carboxylic acids is 1. The number of hydrogen-bond donors (Lipinski definition) is 1. The first-order chi connectivity index (χ1) is 13.3. The molecule has 28 heavy (non-hydrogen) atoms. The van der Waals surface area contributed by atoms with E-state index in [1.54, 1.807) is 17.9 Å². The maximum atomic E-state index is 13.4. The van der Waals surface area contributed by atoms with Crippen LogP contribution in [-0.2, 0) is 4.79 Å². The number of rotatable bonds is 4. The second kappa shape index (κ2) is 6.78. The standard InChI is InChI=1S/C20H21N3O5/c1-10-7-14(12(3)27-10)16-9-15(18-11(2)22-28-19(18)21-16)20(26)23-6-4-5-13(23)8-17(24)25/h7,9,13H,4-6,8H2,1-3H3,(H,24,25). The molecule has 1 fully saturated rings. The van der Waals surface area contributed by atoms with Crippen molar-refractivity contribution >= 4 is 23.0 Å². The van der Waals surface area contributed by atoms with Crippen LogP contribution in [0, 0.1) is 20.8 Å². The normalized spacial score (nSPS) is 16.8. The number of aliphatic carboxylic acids is 1. The molecule has 0 radical (unpaired) electrons. The summed E-state index contributed by atoms with van der Waals surface area (Å²) in [6, 6.07) is 3.28. The lowest BCUT2D eigenvalue weighted by molar-refractivity contribution is -0.137. The molecule has 1 N–H and O–H groups in total. The second-order valence-corrected chi connectivity index (χ2v) is 7.22. The summed E-state index contributed by atoms with van der Waals surface area (Å²) >= 11 is 0. The summed E-state index contributed by atoms with van der Waals surface area (Å²) in [5, 5.41) is 13.7. The van der Waals surface area contributed by atoms with Gasteiger partial charge in [0.25, 0.3) is 11.6 Å². The Morgan fingerprint density at radius 3 is 2.75 bits per heavy atom. The largest absolute Gasteiger partial charge is 0.481 e. The molecule has 0 saturated carbocycles. The van der Waals surface area contributed by atoms with Crippen LogP contribution in [0.4, 0.5) is 0 Å². The van der Waals surface area contributed by atoms with E-state index in [4.69, 9.17) is 14.0 Å². The van der Waals surface area contributed by atoms with Crippen molar-refractivity contribution in [1.29, 1.82) is 0 Å². The van der Waals surface area contributed by atoms with Crippen molar-refractivity contribution in [3.8, 4) is 11.3 Å². The Morgan fingerprint density at radius 2 is 2.07 bits per heavy atom. The molecule has 0 bridgehead atoms. The van der Waals surface area contributed by atoms with E-state index in [2.05, 4.69) is 10.1 Å². The Balaban J connectivity index is 1.83. The van der Waals surface area contributed by atoms with Crippen LogP contribution < -0.4 is 0 Å². The molecule has 1 amide bonds. The van der Waals surface area contributed by atoms with Gasteiger partial charge in [0.15, 0.2) is 0 Å². The quantitative estimate of drug-likeness (QED) is 0.734. The molecule has 1 aliphatic heterocycles. The fourth-order valence-corrected chi connectivity index (χ4v) is 3.96. The number of nitrogens with zero attached hydrogens (tertiary/aromatic N) is 3. The molecule has 1 aliphatic rings. The number of aryl methyl sites for hydroxylation is 3. The smallest absolute Gasteiger partial charge is 0.305 e. The van der Waals surface area contributed by atoms with Gasteiger partial charge in [0.05, 0.1) is 28.8 Å². The predicted octanol–water partition coefficient (Wildman–Crippen LogP) is 3.49. The number of carbonyl (C=O) groups excluding carboxylic acids is 1. The zero-order chi connectivity index (χ0) is 20.0. The molecule has 3 aromatic heterocycles. The van der Waals surface area contributed by atoms with Crippen molar-refractivity contribution in [2.45, 2.75) is 46.1 Å². The summed E-state index contributed by atoms with van der Waals surface area (Å²) in [6.45, 7) is 5.98. The SMILES string of the molecule is Cc1cc(-c2cc(C(=O)N3CCCC3CC(=O)O)c3c(C)noc3n2)c(C)o1. The number of fused-ring (bicyclic) bond motifs is 1. The number of carbonyl (C=O) groups is 2. The Morgan fingerprint density at radius 1 is 1.29 bits per heavy atom. The van der Waals surface area contributed by atoms with Crippen molar-refractivity contribution in [3.05, 3.63) is 34.9 Å². The summed E-state index contributed by atoms with van der Waals surface area (Å²) in [5.74, 6) is 0.318. The molecule has 3 aromatic rings. The lowest BCUT2D eigenvalue weighted by Gasteiger charge is -2.24. The van der Waals surface area contributed by atoms with Gasteiger partial charge in [-0.25, -0.2) is 4.98 Å². The first-order valence-electron chi connectivity index (χ1n) is 9.22. The summed E-state index contributed by atoms with van der Waals surface area (Å²) in [4.78, 5) is 30.7. The highest BCUT2D eigenvalue weighted by atomic mass is 16.5. The highest BCUT2D eigenvalue weighted by molar-refractivity contribution is 6.07. The van der Waals surface area contributed by atoms with Gasteiger partial charge in [-0.15, -0.1) is 0 Å². The highest BCUT2D eigenvalue weighted by Gasteiger charge is 2.33. The maximum absolute atomic E-state index is 13.4. The van der Waals surface area contributed by atoms with Crippen molar-refractivity contribution < 1.29 is 23.6 Å². The lowest BCUT2D eigenvalue weighted by atomic mass is 10.0. The zero-order valence-electron chi connectivity index (χ0n) is 16.0. The van der Waals surface area contributed by atoms with Gasteiger partial charge in [-0.1, -0.05) is 5.16 Å². The predicted molar refractivity (Wildman–Crippen MR) is 100 cm³/mol. The average Bonchev–Trinajstić information content (AvgIpc) is 3.32. The summed E-state index contributed by atoms with van der Waals surface area (Å²) in [6.07, 6.45) is 1.41. The van der Waals surface area contributed by atoms with Crippen molar-refractivity contribution in [3.63, 3.8) is 0 Å². The van der Waals surface area contributed by atoms with Gasteiger partial charge >= 0.3 is 5.97 Å². The molecule has 4 heterocycles. The van der Waals surface area contributed by atoms with Crippen LogP contribution >= 0.6 is 0 Å². The molecule has 8 nitrogen and oxygen atoms in total. The summed E-state index contributed by atoms with van der Waals surface area (Å²) in [7, 11) is 0. The monoisotopic (exact) mass is 383 g/mol. The minimum Gasteiger partial charge on any atom is -0.481 e. The van der Waals surface area contributed by atoms with Crippen LogP contribution in [0.3, 0.4) is 0 Å². The number of hydrogen-bond acceptors (Lipinski definition) is 6. The summed E-state index contributed by atoms with van der Waals surface area (Å²) < 4.78 is 10.9. The second-order valence-electron chi connectivity index (χ2n) is 7.22. The van der Waals surface area contributed by atoms with Gasteiger partial charge in [-0.05, 0) is 45.7 Å². The Kier molecular flexibility index (Phi) is 4.41. The average molecular weight is 383 g/mol. The molecule has 4 rings (SSSR count). The number of aromatic nitrogens is 2. The zero-order valence-corrected chi connectivity index (χ0v) is 16.0. The Hall–Kier alpha value is -3.16. The van der Waals surface area contributed by atoms with E-state index in [-0.39, 0.29) is 24.1 Å². The summed E-state index contributed by atoms with van der Waals surface area (Å²) in [5.41, 5.74) is 2.63. The minimum absolute atomic E-state index is 0.0600. The number of carboxylic acid groups (broad SMARTS) is 1. The number of pyridine rings is 1. The van der Waals surface area contributed by atoms with Crippen molar-refractivity contribution in [2.75, 3.05) is 6.54 Å². The number of amides is 1. The molecule has 0 aliphatic carbocycles. The van der Waals surface area contributed by atoms with Crippen molar-refractivity contribution in [1.82, 2.24) is 15.0 Å². The highest BCUT2D eigenvalue weighted by Crippen LogP contribution is 2.32. The third-order valence-corrected chi connectivity index (χ3v) is 5.21. The molecule has 1 unspecified atom stereocenters. The fourth-order valence-electron chi connectivity index (χ4n) is 3.96. The Labute approximate surface area is 161 Å². The first-order valence-corrected chi connectivity index (χ1v) is 9.22. The molecular formula is C20H21N3O5. The van der Waals surface area contributed by atoms with E-state index < -0.39 is 5.97 Å². The molecule has 1 atom stereocenters. The van der Waals surface area contributed by atoms with Crippen LogP contribution in [0.25, 0.3) is 22.4 Å². The molecule has 0 aromatic carbocycles. The van der Waals surface area contributed by atoms with E-state index in [1.165, 1.54) is 0 Å².